The van der Waals surface area contributed by atoms with E-state index in [1.165, 1.54) is 19.2 Å². The number of benzene rings is 1. The SMILES string of the molecule is COC(=O)c1nc(Cc2ccc(F)cc2)c(N[C@H]2CCN(C(=O)OC(C)(C)C)C[C@@H]2C)nc1C. The Bertz CT molecular complexity index is 1040. The van der Waals surface area contributed by atoms with E-state index in [4.69, 9.17) is 9.47 Å². The molecule has 1 aliphatic heterocycles. The highest BCUT2D eigenvalue weighted by Gasteiger charge is 2.32. The summed E-state index contributed by atoms with van der Waals surface area (Å²) in [5.41, 5.74) is 1.47. The molecule has 1 amide bonds. The van der Waals surface area contributed by atoms with E-state index in [0.717, 1.165) is 5.56 Å². The molecule has 0 bridgehead atoms. The van der Waals surface area contributed by atoms with Gasteiger partial charge in [-0.2, -0.15) is 0 Å². The minimum absolute atomic E-state index is 0.0448. The summed E-state index contributed by atoms with van der Waals surface area (Å²) < 4.78 is 23.7. The molecular weight excluding hydrogens is 439 g/mol. The zero-order valence-electron chi connectivity index (χ0n) is 20.6. The van der Waals surface area contributed by atoms with Gasteiger partial charge in [0.05, 0.1) is 18.5 Å². The van der Waals surface area contributed by atoms with Gasteiger partial charge in [0.1, 0.15) is 17.2 Å². The summed E-state index contributed by atoms with van der Waals surface area (Å²) in [6, 6.07) is 6.18. The highest BCUT2D eigenvalue weighted by Crippen LogP contribution is 2.25. The minimum atomic E-state index is -0.559. The molecule has 34 heavy (non-hydrogen) atoms. The molecule has 184 valence electrons. The topological polar surface area (TPSA) is 93.7 Å². The molecule has 2 heterocycles. The van der Waals surface area contributed by atoms with Crippen molar-refractivity contribution >= 4 is 17.9 Å². The fraction of sp³-hybridized carbons (Fsp3) is 0.520. The average Bonchev–Trinajstić information content (AvgIpc) is 2.76. The van der Waals surface area contributed by atoms with E-state index in [2.05, 4.69) is 22.2 Å². The predicted molar refractivity (Wildman–Crippen MR) is 126 cm³/mol. The third-order valence-corrected chi connectivity index (χ3v) is 5.68. The largest absolute Gasteiger partial charge is 0.464 e. The van der Waals surface area contributed by atoms with Crippen molar-refractivity contribution in [3.05, 3.63) is 52.7 Å². The van der Waals surface area contributed by atoms with Gasteiger partial charge in [-0.1, -0.05) is 19.1 Å². The van der Waals surface area contributed by atoms with Crippen LogP contribution in [0, 0.1) is 18.7 Å². The van der Waals surface area contributed by atoms with Gasteiger partial charge in [0.25, 0.3) is 0 Å². The molecule has 1 aromatic heterocycles. The van der Waals surface area contributed by atoms with Crippen LogP contribution in [-0.4, -0.2) is 58.8 Å². The summed E-state index contributed by atoms with van der Waals surface area (Å²) in [4.78, 5) is 35.6. The second-order valence-corrected chi connectivity index (χ2v) is 9.69. The van der Waals surface area contributed by atoms with Crippen molar-refractivity contribution in [1.29, 1.82) is 0 Å². The number of ether oxygens (including phenoxy) is 2. The van der Waals surface area contributed by atoms with E-state index < -0.39 is 11.6 Å². The molecule has 8 nitrogen and oxygen atoms in total. The standard InChI is InChI=1S/C25H33FN4O4/c1-15-14-30(24(32)34-25(3,4)5)12-11-19(15)29-22-20(13-17-7-9-18(26)10-8-17)28-21(16(2)27-22)23(31)33-6/h7-10,15,19H,11-14H2,1-6H3,(H,27,29)/t15-,19-/m0/s1. The van der Waals surface area contributed by atoms with Crippen molar-refractivity contribution in [3.8, 4) is 0 Å². The lowest BCUT2D eigenvalue weighted by Gasteiger charge is -2.38. The summed E-state index contributed by atoms with van der Waals surface area (Å²) in [6.45, 7) is 10.4. The van der Waals surface area contributed by atoms with Gasteiger partial charge in [-0.25, -0.2) is 23.9 Å². The molecule has 9 heteroatoms. The summed E-state index contributed by atoms with van der Waals surface area (Å²) in [5.74, 6) is -0.187. The maximum Gasteiger partial charge on any atom is 0.410 e. The van der Waals surface area contributed by atoms with Crippen molar-refractivity contribution in [2.24, 2.45) is 5.92 Å². The molecule has 3 rings (SSSR count). The number of nitrogens with zero attached hydrogens (tertiary/aromatic N) is 3. The van der Waals surface area contributed by atoms with E-state index >= 15 is 0 Å². The van der Waals surface area contributed by atoms with Gasteiger partial charge in [0.15, 0.2) is 5.69 Å². The number of carbonyl (C=O) groups is 2. The van der Waals surface area contributed by atoms with Gasteiger partial charge in [-0.05, 0) is 57.7 Å². The van der Waals surface area contributed by atoms with Gasteiger partial charge >= 0.3 is 12.1 Å². The number of likely N-dealkylation sites (tertiary alicyclic amines) is 1. The first-order chi connectivity index (χ1) is 16.0. The Morgan fingerprint density at radius 3 is 2.47 bits per heavy atom. The number of aromatic nitrogens is 2. The van der Waals surface area contributed by atoms with Crippen LogP contribution in [0.15, 0.2) is 24.3 Å². The van der Waals surface area contributed by atoms with Crippen molar-refractivity contribution in [3.63, 3.8) is 0 Å². The Morgan fingerprint density at radius 1 is 1.21 bits per heavy atom. The smallest absolute Gasteiger partial charge is 0.410 e. The molecule has 1 fully saturated rings. The van der Waals surface area contributed by atoms with Crippen molar-refractivity contribution < 1.29 is 23.5 Å². The number of piperidine rings is 1. The van der Waals surface area contributed by atoms with E-state index in [-0.39, 0.29) is 29.6 Å². The second-order valence-electron chi connectivity index (χ2n) is 9.69. The first-order valence-electron chi connectivity index (χ1n) is 11.4. The Labute approximate surface area is 199 Å². The number of esters is 1. The number of methoxy groups -OCH3 is 1. The first-order valence-corrected chi connectivity index (χ1v) is 11.4. The lowest BCUT2D eigenvalue weighted by atomic mass is 9.94. The quantitative estimate of drug-likeness (QED) is 0.646. The van der Waals surface area contributed by atoms with Gasteiger partial charge in [-0.3, -0.25) is 0 Å². The lowest BCUT2D eigenvalue weighted by Crippen LogP contribution is -2.49. The number of nitrogens with one attached hydrogen (secondary N) is 1. The van der Waals surface area contributed by atoms with Gasteiger partial charge in [0.2, 0.25) is 0 Å². The second kappa shape index (κ2) is 10.4. The van der Waals surface area contributed by atoms with E-state index in [9.17, 15) is 14.0 Å². The molecule has 2 atom stereocenters. The van der Waals surface area contributed by atoms with Crippen LogP contribution in [0.25, 0.3) is 0 Å². The zero-order chi connectivity index (χ0) is 25.0. The number of anilines is 1. The number of hydrogen-bond donors (Lipinski definition) is 1. The number of rotatable bonds is 5. The fourth-order valence-corrected chi connectivity index (χ4v) is 3.91. The first kappa shape index (κ1) is 25.4. The fourth-order valence-electron chi connectivity index (χ4n) is 3.91. The third kappa shape index (κ3) is 6.42. The summed E-state index contributed by atoms with van der Waals surface area (Å²) in [5, 5.41) is 3.49. The monoisotopic (exact) mass is 472 g/mol. The minimum Gasteiger partial charge on any atom is -0.464 e. The Morgan fingerprint density at radius 2 is 1.88 bits per heavy atom. The molecule has 0 radical (unpaired) electrons. The maximum atomic E-state index is 13.4. The molecule has 0 unspecified atom stereocenters. The van der Waals surface area contributed by atoms with Crippen LogP contribution in [0.3, 0.4) is 0 Å². The molecule has 1 saturated heterocycles. The Balaban J connectivity index is 1.81. The Kier molecular flexibility index (Phi) is 7.74. The normalized spacial score (nSPS) is 18.4. The molecule has 0 aliphatic carbocycles. The zero-order valence-corrected chi connectivity index (χ0v) is 20.6. The molecule has 1 aromatic carbocycles. The average molecular weight is 473 g/mol. The summed E-state index contributed by atoms with van der Waals surface area (Å²) >= 11 is 0. The van der Waals surface area contributed by atoms with Crippen LogP contribution in [-0.2, 0) is 15.9 Å². The maximum absolute atomic E-state index is 13.4. The Hall–Kier alpha value is -3.23. The van der Waals surface area contributed by atoms with Crippen LogP contribution in [0.4, 0.5) is 15.0 Å². The van der Waals surface area contributed by atoms with E-state index in [1.54, 1.807) is 24.0 Å². The van der Waals surface area contributed by atoms with E-state index in [1.807, 2.05) is 20.8 Å². The van der Waals surface area contributed by atoms with Crippen LogP contribution >= 0.6 is 0 Å². The molecular formula is C25H33FN4O4. The predicted octanol–water partition coefficient (Wildman–Crippen LogP) is 4.36. The number of halogens is 1. The van der Waals surface area contributed by atoms with E-state index in [0.29, 0.717) is 43.1 Å². The summed E-state index contributed by atoms with van der Waals surface area (Å²) in [7, 11) is 1.30. The molecule has 0 spiro atoms. The van der Waals surface area contributed by atoms with Crippen LogP contribution in [0.2, 0.25) is 0 Å². The highest BCUT2D eigenvalue weighted by molar-refractivity contribution is 5.88. The van der Waals surface area contributed by atoms with Gasteiger partial charge < -0.3 is 19.7 Å². The number of carbonyl (C=O) groups excluding carboxylic acids is 2. The summed E-state index contributed by atoms with van der Waals surface area (Å²) in [6.07, 6.45) is 0.758. The number of aryl methyl sites for hydroxylation is 1. The van der Waals surface area contributed by atoms with Crippen molar-refractivity contribution in [2.45, 2.75) is 59.1 Å². The lowest BCUT2D eigenvalue weighted by molar-refractivity contribution is 0.0164. The van der Waals surface area contributed by atoms with Crippen molar-refractivity contribution in [1.82, 2.24) is 14.9 Å². The van der Waals surface area contributed by atoms with Gasteiger partial charge in [-0.15, -0.1) is 0 Å². The molecule has 2 aromatic rings. The van der Waals surface area contributed by atoms with Crippen LogP contribution in [0.5, 0.6) is 0 Å². The highest BCUT2D eigenvalue weighted by atomic mass is 19.1. The van der Waals surface area contributed by atoms with Crippen molar-refractivity contribution in [2.75, 3.05) is 25.5 Å². The number of amides is 1. The molecule has 1 N–H and O–H groups in total. The molecule has 0 saturated carbocycles. The van der Waals surface area contributed by atoms with Gasteiger partial charge in [0, 0.05) is 25.6 Å². The third-order valence-electron chi connectivity index (χ3n) is 5.68. The molecule has 1 aliphatic rings. The van der Waals surface area contributed by atoms with Crippen LogP contribution < -0.4 is 5.32 Å². The number of hydrogen-bond acceptors (Lipinski definition) is 7. The van der Waals surface area contributed by atoms with Crippen LogP contribution in [0.1, 0.15) is 61.6 Å².